The Balaban J connectivity index is 1.94. The standard InChI is InChI=1S/C18H23N5O4/c19-14(9-16(24)25)17(26)23-15(8-13-10-20-11-22-13)18(27)21-7-6-12-4-2-1-3-5-12/h1-5,10-11,14-15H,6-9,19H2,(H,20,22)(H,21,27)(H,23,26)(H,24,25)/t14-,15-/m0/s1. The van der Waals surface area contributed by atoms with Crippen LogP contribution in [0.1, 0.15) is 17.7 Å². The number of H-pyrrole nitrogens is 1. The highest BCUT2D eigenvalue weighted by molar-refractivity contribution is 5.91. The van der Waals surface area contributed by atoms with Crippen molar-refractivity contribution in [1.82, 2.24) is 20.6 Å². The number of hydrogen-bond donors (Lipinski definition) is 5. The lowest BCUT2D eigenvalue weighted by atomic mass is 10.1. The van der Waals surface area contributed by atoms with Gasteiger partial charge in [-0.15, -0.1) is 0 Å². The fourth-order valence-corrected chi connectivity index (χ4v) is 2.48. The molecule has 144 valence electrons. The lowest BCUT2D eigenvalue weighted by Crippen LogP contribution is -2.53. The van der Waals surface area contributed by atoms with E-state index in [0.717, 1.165) is 5.56 Å². The molecule has 0 fully saturated rings. The van der Waals surface area contributed by atoms with E-state index in [1.807, 2.05) is 30.3 Å². The molecule has 0 spiro atoms. The topological polar surface area (TPSA) is 150 Å². The average molecular weight is 373 g/mol. The summed E-state index contributed by atoms with van der Waals surface area (Å²) in [6, 6.07) is 7.54. The quantitative estimate of drug-likeness (QED) is 0.382. The molecule has 0 unspecified atom stereocenters. The first-order chi connectivity index (χ1) is 13.0. The third-order valence-corrected chi connectivity index (χ3v) is 3.90. The number of aromatic nitrogens is 2. The van der Waals surface area contributed by atoms with Crippen LogP contribution in [0, 0.1) is 0 Å². The Kier molecular flexibility index (Phi) is 7.50. The van der Waals surface area contributed by atoms with Crippen LogP contribution in [0.2, 0.25) is 0 Å². The van der Waals surface area contributed by atoms with Gasteiger partial charge in [-0.1, -0.05) is 30.3 Å². The number of nitrogens with zero attached hydrogens (tertiary/aromatic N) is 1. The van der Waals surface area contributed by atoms with Crippen molar-refractivity contribution < 1.29 is 19.5 Å². The van der Waals surface area contributed by atoms with Gasteiger partial charge in [-0.2, -0.15) is 0 Å². The Morgan fingerprint density at radius 2 is 1.93 bits per heavy atom. The summed E-state index contributed by atoms with van der Waals surface area (Å²) in [5, 5.41) is 14.1. The highest BCUT2D eigenvalue weighted by Crippen LogP contribution is 2.02. The number of carbonyl (C=O) groups is 3. The van der Waals surface area contributed by atoms with Crippen molar-refractivity contribution in [1.29, 1.82) is 0 Å². The summed E-state index contributed by atoms with van der Waals surface area (Å²) in [6.07, 6.45) is 3.34. The molecule has 0 radical (unpaired) electrons. The van der Waals surface area contributed by atoms with Gasteiger partial charge in [-0.05, 0) is 12.0 Å². The third-order valence-electron chi connectivity index (χ3n) is 3.90. The summed E-state index contributed by atoms with van der Waals surface area (Å²) in [5.41, 5.74) is 7.31. The van der Waals surface area contributed by atoms with Gasteiger partial charge in [0.2, 0.25) is 11.8 Å². The van der Waals surface area contributed by atoms with Gasteiger partial charge in [0.1, 0.15) is 6.04 Å². The average Bonchev–Trinajstić information content (AvgIpc) is 3.14. The number of hydrogen-bond acceptors (Lipinski definition) is 5. The molecule has 0 aliphatic rings. The van der Waals surface area contributed by atoms with Gasteiger partial charge < -0.3 is 26.5 Å². The van der Waals surface area contributed by atoms with Gasteiger partial charge in [0.25, 0.3) is 0 Å². The maximum absolute atomic E-state index is 12.5. The summed E-state index contributed by atoms with van der Waals surface area (Å²) >= 11 is 0. The summed E-state index contributed by atoms with van der Waals surface area (Å²) in [6.45, 7) is 0.402. The molecule has 0 saturated heterocycles. The minimum absolute atomic E-state index is 0.183. The van der Waals surface area contributed by atoms with Gasteiger partial charge in [0.05, 0.1) is 18.8 Å². The fourth-order valence-electron chi connectivity index (χ4n) is 2.48. The molecule has 9 nitrogen and oxygen atoms in total. The van der Waals surface area contributed by atoms with Crippen molar-refractivity contribution >= 4 is 17.8 Å². The van der Waals surface area contributed by atoms with Crippen LogP contribution in [-0.4, -0.2) is 51.5 Å². The molecule has 27 heavy (non-hydrogen) atoms. The number of carbonyl (C=O) groups excluding carboxylic acids is 2. The third kappa shape index (κ3) is 6.90. The second-order valence-corrected chi connectivity index (χ2v) is 6.07. The number of amides is 2. The van der Waals surface area contributed by atoms with Crippen LogP contribution < -0.4 is 16.4 Å². The molecule has 1 aromatic carbocycles. The minimum Gasteiger partial charge on any atom is -0.481 e. The molecule has 0 saturated carbocycles. The summed E-state index contributed by atoms with van der Waals surface area (Å²) in [7, 11) is 0. The van der Waals surface area contributed by atoms with E-state index in [1.54, 1.807) is 6.20 Å². The number of aliphatic carboxylic acids is 1. The molecule has 0 aliphatic heterocycles. The zero-order valence-electron chi connectivity index (χ0n) is 14.7. The predicted molar refractivity (Wildman–Crippen MR) is 97.6 cm³/mol. The molecule has 1 heterocycles. The van der Waals surface area contributed by atoms with E-state index >= 15 is 0 Å². The van der Waals surface area contributed by atoms with Crippen molar-refractivity contribution in [3.8, 4) is 0 Å². The van der Waals surface area contributed by atoms with Crippen molar-refractivity contribution in [2.75, 3.05) is 6.54 Å². The lowest BCUT2D eigenvalue weighted by Gasteiger charge is -2.20. The highest BCUT2D eigenvalue weighted by atomic mass is 16.4. The number of aromatic amines is 1. The lowest BCUT2D eigenvalue weighted by molar-refractivity contribution is -0.139. The Morgan fingerprint density at radius 3 is 2.56 bits per heavy atom. The molecule has 2 aromatic rings. The first-order valence-corrected chi connectivity index (χ1v) is 8.52. The van der Waals surface area contributed by atoms with E-state index in [-0.39, 0.29) is 12.3 Å². The smallest absolute Gasteiger partial charge is 0.305 e. The van der Waals surface area contributed by atoms with Gasteiger partial charge in [-0.3, -0.25) is 14.4 Å². The Bertz CT molecular complexity index is 748. The van der Waals surface area contributed by atoms with E-state index in [2.05, 4.69) is 20.6 Å². The largest absolute Gasteiger partial charge is 0.481 e. The summed E-state index contributed by atoms with van der Waals surface area (Å²) < 4.78 is 0. The van der Waals surface area contributed by atoms with E-state index in [1.165, 1.54) is 6.33 Å². The van der Waals surface area contributed by atoms with Crippen LogP contribution in [0.15, 0.2) is 42.9 Å². The molecule has 6 N–H and O–H groups in total. The van der Waals surface area contributed by atoms with E-state index in [4.69, 9.17) is 10.8 Å². The number of carboxylic acid groups (broad SMARTS) is 1. The maximum Gasteiger partial charge on any atom is 0.305 e. The summed E-state index contributed by atoms with van der Waals surface area (Å²) in [4.78, 5) is 42.1. The van der Waals surface area contributed by atoms with Gasteiger partial charge in [0, 0.05) is 24.9 Å². The molecule has 2 rings (SSSR count). The molecule has 0 bridgehead atoms. The molecule has 1 aromatic heterocycles. The van der Waals surface area contributed by atoms with E-state index in [0.29, 0.717) is 18.7 Å². The highest BCUT2D eigenvalue weighted by Gasteiger charge is 2.25. The number of carboxylic acids is 1. The van der Waals surface area contributed by atoms with Crippen LogP contribution >= 0.6 is 0 Å². The molecular formula is C18H23N5O4. The predicted octanol–water partition coefficient (Wildman–Crippen LogP) is -0.402. The van der Waals surface area contributed by atoms with Crippen LogP contribution in [0.5, 0.6) is 0 Å². The van der Waals surface area contributed by atoms with Crippen molar-refractivity contribution in [2.24, 2.45) is 5.73 Å². The van der Waals surface area contributed by atoms with Gasteiger partial charge in [0.15, 0.2) is 0 Å². The first kappa shape index (κ1) is 20.1. The Morgan fingerprint density at radius 1 is 1.19 bits per heavy atom. The molecular weight excluding hydrogens is 350 g/mol. The van der Waals surface area contributed by atoms with Gasteiger partial charge in [-0.25, -0.2) is 4.98 Å². The van der Waals surface area contributed by atoms with Gasteiger partial charge >= 0.3 is 5.97 Å². The first-order valence-electron chi connectivity index (χ1n) is 8.52. The summed E-state index contributed by atoms with van der Waals surface area (Å²) in [5.74, 6) is -2.26. The molecule has 9 heteroatoms. The number of rotatable bonds is 10. The van der Waals surface area contributed by atoms with Crippen molar-refractivity contribution in [3.63, 3.8) is 0 Å². The number of benzene rings is 1. The number of nitrogens with two attached hydrogens (primary N) is 1. The molecule has 0 aliphatic carbocycles. The Labute approximate surface area is 156 Å². The Hall–Kier alpha value is -3.20. The number of nitrogens with one attached hydrogen (secondary N) is 3. The van der Waals surface area contributed by atoms with Crippen LogP contribution in [-0.2, 0) is 27.2 Å². The second-order valence-electron chi connectivity index (χ2n) is 6.07. The molecule has 2 amide bonds. The zero-order chi connectivity index (χ0) is 19.6. The minimum atomic E-state index is -1.23. The van der Waals surface area contributed by atoms with E-state index in [9.17, 15) is 14.4 Å². The van der Waals surface area contributed by atoms with Crippen molar-refractivity contribution in [3.05, 3.63) is 54.1 Å². The van der Waals surface area contributed by atoms with E-state index < -0.39 is 30.4 Å². The van der Waals surface area contributed by atoms with Crippen LogP contribution in [0.4, 0.5) is 0 Å². The molecule has 2 atom stereocenters. The van der Waals surface area contributed by atoms with Crippen LogP contribution in [0.3, 0.4) is 0 Å². The normalized spacial score (nSPS) is 12.8. The SMILES string of the molecule is N[C@@H](CC(=O)O)C(=O)N[C@@H](Cc1cnc[nH]1)C(=O)NCCc1ccccc1. The van der Waals surface area contributed by atoms with Crippen molar-refractivity contribution in [2.45, 2.75) is 31.3 Å². The monoisotopic (exact) mass is 373 g/mol. The fraction of sp³-hybridized carbons (Fsp3) is 0.333. The maximum atomic E-state index is 12.5. The zero-order valence-corrected chi connectivity index (χ0v) is 14.7. The van der Waals surface area contributed by atoms with Crippen LogP contribution in [0.25, 0.3) is 0 Å². The second kappa shape index (κ2) is 10.1. The number of imidazole rings is 1.